The SMILES string of the molecule is CNC1CCc2ccccc2C1=O. The molecule has 0 saturated carbocycles. The Bertz CT molecular complexity index is 333. The third kappa shape index (κ3) is 1.38. The second-order valence-corrected chi connectivity index (χ2v) is 3.40. The van der Waals surface area contributed by atoms with Crippen molar-refractivity contribution >= 4 is 5.78 Å². The number of ketones is 1. The molecule has 1 aromatic rings. The molecule has 0 spiro atoms. The zero-order valence-electron chi connectivity index (χ0n) is 7.71. The van der Waals surface area contributed by atoms with Gasteiger partial charge in [-0.3, -0.25) is 4.79 Å². The van der Waals surface area contributed by atoms with E-state index in [2.05, 4.69) is 5.32 Å². The van der Waals surface area contributed by atoms with Gasteiger partial charge in [0.15, 0.2) is 5.78 Å². The van der Waals surface area contributed by atoms with Gasteiger partial charge in [-0.2, -0.15) is 0 Å². The first kappa shape index (κ1) is 8.45. The third-order valence-electron chi connectivity index (χ3n) is 2.65. The summed E-state index contributed by atoms with van der Waals surface area (Å²) in [6, 6.07) is 7.90. The lowest BCUT2D eigenvalue weighted by molar-refractivity contribution is 0.0933. The molecule has 13 heavy (non-hydrogen) atoms. The molecule has 68 valence electrons. The highest BCUT2D eigenvalue weighted by Crippen LogP contribution is 2.20. The van der Waals surface area contributed by atoms with Crippen molar-refractivity contribution in [2.45, 2.75) is 18.9 Å². The monoisotopic (exact) mass is 175 g/mol. The number of fused-ring (bicyclic) bond motifs is 1. The minimum atomic E-state index is 0.0231. The number of rotatable bonds is 1. The number of likely N-dealkylation sites (N-methyl/N-ethyl adjacent to an activating group) is 1. The van der Waals surface area contributed by atoms with Crippen molar-refractivity contribution in [3.8, 4) is 0 Å². The second-order valence-electron chi connectivity index (χ2n) is 3.40. The highest BCUT2D eigenvalue weighted by molar-refractivity contribution is 6.02. The Morgan fingerprint density at radius 2 is 2.15 bits per heavy atom. The fourth-order valence-electron chi connectivity index (χ4n) is 1.87. The van der Waals surface area contributed by atoms with Crippen molar-refractivity contribution < 1.29 is 4.79 Å². The van der Waals surface area contributed by atoms with E-state index >= 15 is 0 Å². The Labute approximate surface area is 78.0 Å². The summed E-state index contributed by atoms with van der Waals surface area (Å²) in [5, 5.41) is 3.05. The zero-order valence-corrected chi connectivity index (χ0v) is 7.71. The van der Waals surface area contributed by atoms with Crippen LogP contribution in [0.25, 0.3) is 0 Å². The first-order chi connectivity index (χ1) is 6.33. The van der Waals surface area contributed by atoms with Crippen molar-refractivity contribution in [3.05, 3.63) is 35.4 Å². The van der Waals surface area contributed by atoms with Gasteiger partial charge in [0.05, 0.1) is 6.04 Å². The van der Waals surface area contributed by atoms with E-state index in [1.807, 2.05) is 31.3 Å². The molecule has 0 fully saturated rings. The lowest BCUT2D eigenvalue weighted by atomic mass is 9.87. The smallest absolute Gasteiger partial charge is 0.180 e. The van der Waals surface area contributed by atoms with Gasteiger partial charge in [-0.05, 0) is 25.5 Å². The van der Waals surface area contributed by atoms with E-state index in [-0.39, 0.29) is 11.8 Å². The summed E-state index contributed by atoms with van der Waals surface area (Å²) < 4.78 is 0. The van der Waals surface area contributed by atoms with Crippen LogP contribution >= 0.6 is 0 Å². The number of aryl methyl sites for hydroxylation is 1. The number of carbonyl (C=O) groups is 1. The molecular weight excluding hydrogens is 162 g/mol. The second kappa shape index (κ2) is 3.30. The van der Waals surface area contributed by atoms with Crippen molar-refractivity contribution in [1.82, 2.24) is 5.32 Å². The molecule has 1 N–H and O–H groups in total. The molecule has 0 radical (unpaired) electrons. The van der Waals surface area contributed by atoms with Crippen LogP contribution in [0, 0.1) is 0 Å². The number of Topliss-reactive ketones (excluding diaryl/α,β-unsaturated/α-hetero) is 1. The van der Waals surface area contributed by atoms with Crippen molar-refractivity contribution in [1.29, 1.82) is 0 Å². The van der Waals surface area contributed by atoms with E-state index in [0.29, 0.717) is 0 Å². The minimum Gasteiger partial charge on any atom is -0.310 e. The summed E-state index contributed by atoms with van der Waals surface area (Å²) in [7, 11) is 1.84. The molecule has 1 atom stereocenters. The number of nitrogens with one attached hydrogen (secondary N) is 1. The van der Waals surface area contributed by atoms with Gasteiger partial charge in [-0.1, -0.05) is 24.3 Å². The molecule has 1 aliphatic carbocycles. The molecule has 1 aromatic carbocycles. The van der Waals surface area contributed by atoms with E-state index in [1.54, 1.807) is 0 Å². The lowest BCUT2D eigenvalue weighted by Crippen LogP contribution is -2.37. The van der Waals surface area contributed by atoms with Crippen LogP contribution in [0.4, 0.5) is 0 Å². The predicted molar refractivity (Wildman–Crippen MR) is 51.9 cm³/mol. The Hall–Kier alpha value is -1.15. The van der Waals surface area contributed by atoms with E-state index < -0.39 is 0 Å². The van der Waals surface area contributed by atoms with Crippen LogP contribution in [0.5, 0.6) is 0 Å². The van der Waals surface area contributed by atoms with Gasteiger partial charge in [0.25, 0.3) is 0 Å². The minimum absolute atomic E-state index is 0.0231. The third-order valence-corrected chi connectivity index (χ3v) is 2.65. The maximum Gasteiger partial charge on any atom is 0.180 e. The summed E-state index contributed by atoms with van der Waals surface area (Å²) >= 11 is 0. The number of benzene rings is 1. The van der Waals surface area contributed by atoms with Crippen LogP contribution in [0.2, 0.25) is 0 Å². The molecular formula is C11H13NO. The summed E-state index contributed by atoms with van der Waals surface area (Å²) in [6.07, 6.45) is 1.93. The van der Waals surface area contributed by atoms with Gasteiger partial charge < -0.3 is 5.32 Å². The fraction of sp³-hybridized carbons (Fsp3) is 0.364. The van der Waals surface area contributed by atoms with E-state index in [1.165, 1.54) is 5.56 Å². The Morgan fingerprint density at radius 3 is 2.92 bits per heavy atom. The topological polar surface area (TPSA) is 29.1 Å². The predicted octanol–water partition coefficient (Wildman–Crippen LogP) is 1.40. The quantitative estimate of drug-likeness (QED) is 0.699. The molecule has 2 rings (SSSR count). The fourth-order valence-corrected chi connectivity index (χ4v) is 1.87. The molecule has 0 amide bonds. The average molecular weight is 175 g/mol. The van der Waals surface area contributed by atoms with E-state index in [9.17, 15) is 4.79 Å². The average Bonchev–Trinajstić information content (AvgIpc) is 2.19. The summed E-state index contributed by atoms with van der Waals surface area (Å²) in [5.41, 5.74) is 2.09. The van der Waals surface area contributed by atoms with Crippen LogP contribution in [0.1, 0.15) is 22.3 Å². The molecule has 0 aromatic heterocycles. The van der Waals surface area contributed by atoms with Crippen molar-refractivity contribution in [2.24, 2.45) is 0 Å². The van der Waals surface area contributed by atoms with Crippen LogP contribution in [0.15, 0.2) is 24.3 Å². The maximum atomic E-state index is 11.8. The maximum absolute atomic E-state index is 11.8. The van der Waals surface area contributed by atoms with Gasteiger partial charge >= 0.3 is 0 Å². The van der Waals surface area contributed by atoms with Gasteiger partial charge in [0.2, 0.25) is 0 Å². The van der Waals surface area contributed by atoms with Gasteiger partial charge in [0, 0.05) is 5.56 Å². The summed E-state index contributed by atoms with van der Waals surface area (Å²) in [4.78, 5) is 11.8. The molecule has 2 nitrogen and oxygen atoms in total. The van der Waals surface area contributed by atoms with Gasteiger partial charge in [-0.15, -0.1) is 0 Å². The lowest BCUT2D eigenvalue weighted by Gasteiger charge is -2.22. The van der Waals surface area contributed by atoms with Crippen LogP contribution in [0.3, 0.4) is 0 Å². The van der Waals surface area contributed by atoms with Crippen molar-refractivity contribution in [3.63, 3.8) is 0 Å². The van der Waals surface area contributed by atoms with Crippen LogP contribution < -0.4 is 5.32 Å². The molecule has 2 heteroatoms. The first-order valence-corrected chi connectivity index (χ1v) is 4.62. The molecule has 0 saturated heterocycles. The molecule has 1 aliphatic rings. The zero-order chi connectivity index (χ0) is 9.26. The summed E-state index contributed by atoms with van der Waals surface area (Å²) in [5.74, 6) is 0.240. The number of hydrogen-bond donors (Lipinski definition) is 1. The van der Waals surface area contributed by atoms with E-state index in [0.717, 1.165) is 18.4 Å². The summed E-state index contributed by atoms with van der Waals surface area (Å²) in [6.45, 7) is 0. The largest absolute Gasteiger partial charge is 0.310 e. The molecule has 1 unspecified atom stereocenters. The normalized spacial score (nSPS) is 21.3. The number of hydrogen-bond acceptors (Lipinski definition) is 2. The van der Waals surface area contributed by atoms with Gasteiger partial charge in [0.1, 0.15) is 0 Å². The van der Waals surface area contributed by atoms with E-state index in [4.69, 9.17) is 0 Å². The number of carbonyl (C=O) groups excluding carboxylic acids is 1. The van der Waals surface area contributed by atoms with Crippen LogP contribution in [-0.2, 0) is 6.42 Å². The highest BCUT2D eigenvalue weighted by atomic mass is 16.1. The molecule has 0 aliphatic heterocycles. The van der Waals surface area contributed by atoms with Gasteiger partial charge in [-0.25, -0.2) is 0 Å². The van der Waals surface area contributed by atoms with Crippen molar-refractivity contribution in [2.75, 3.05) is 7.05 Å². The molecule has 0 heterocycles. The standard InChI is InChI=1S/C11H13NO/c1-12-10-7-6-8-4-2-3-5-9(8)11(10)13/h2-5,10,12H,6-7H2,1H3. The molecule has 0 bridgehead atoms. The Morgan fingerprint density at radius 1 is 1.38 bits per heavy atom. The van der Waals surface area contributed by atoms with Crippen LogP contribution in [-0.4, -0.2) is 18.9 Å². The Balaban J connectivity index is 2.39. The highest BCUT2D eigenvalue weighted by Gasteiger charge is 2.24. The Kier molecular flexibility index (Phi) is 2.15. The first-order valence-electron chi connectivity index (χ1n) is 4.62.